The molecule has 1 aromatic carbocycles. The normalized spacial score (nSPS) is 12.6. The van der Waals surface area contributed by atoms with Crippen molar-refractivity contribution in [2.75, 3.05) is 13.1 Å². The first-order chi connectivity index (χ1) is 8.29. The third kappa shape index (κ3) is 4.86. The first kappa shape index (κ1) is 14.2. The summed E-state index contributed by atoms with van der Waals surface area (Å²) in [7, 11) is 0. The van der Waals surface area contributed by atoms with E-state index in [9.17, 15) is 4.39 Å². The Kier molecular flexibility index (Phi) is 6.87. The molecule has 0 heterocycles. The molecule has 0 saturated carbocycles. The molecule has 0 amide bonds. The number of benzene rings is 1. The molecular formula is C15H24FN. The number of hydrogen-bond donors (Lipinski definition) is 1. The van der Waals surface area contributed by atoms with Gasteiger partial charge in [-0.3, -0.25) is 0 Å². The van der Waals surface area contributed by atoms with Crippen molar-refractivity contribution in [1.29, 1.82) is 0 Å². The van der Waals surface area contributed by atoms with Crippen molar-refractivity contribution in [1.82, 2.24) is 5.32 Å². The third-order valence-electron chi connectivity index (χ3n) is 3.14. The fraction of sp³-hybridized carbons (Fsp3) is 0.600. The second-order valence-corrected chi connectivity index (χ2v) is 4.52. The maximum absolute atomic E-state index is 13.7. The minimum absolute atomic E-state index is 0.0631. The van der Waals surface area contributed by atoms with Crippen LogP contribution in [0.2, 0.25) is 0 Å². The van der Waals surface area contributed by atoms with Crippen molar-refractivity contribution in [2.45, 2.75) is 45.4 Å². The van der Waals surface area contributed by atoms with E-state index in [1.54, 1.807) is 12.1 Å². The zero-order valence-electron chi connectivity index (χ0n) is 11.0. The molecule has 1 rings (SSSR count). The van der Waals surface area contributed by atoms with Gasteiger partial charge in [-0.05, 0) is 30.5 Å². The molecule has 1 nitrogen and oxygen atoms in total. The van der Waals surface area contributed by atoms with Crippen LogP contribution in [0.4, 0.5) is 4.39 Å². The molecule has 0 saturated heterocycles. The van der Waals surface area contributed by atoms with Crippen molar-refractivity contribution in [2.24, 2.45) is 0 Å². The summed E-state index contributed by atoms with van der Waals surface area (Å²) < 4.78 is 13.7. The monoisotopic (exact) mass is 237 g/mol. The van der Waals surface area contributed by atoms with E-state index in [0.717, 1.165) is 25.1 Å². The zero-order chi connectivity index (χ0) is 12.5. The van der Waals surface area contributed by atoms with E-state index < -0.39 is 0 Å². The lowest BCUT2D eigenvalue weighted by atomic mass is 9.92. The van der Waals surface area contributed by atoms with Crippen LogP contribution in [0.15, 0.2) is 24.3 Å². The summed E-state index contributed by atoms with van der Waals surface area (Å²) >= 11 is 0. The van der Waals surface area contributed by atoms with E-state index in [4.69, 9.17) is 0 Å². The molecule has 2 heteroatoms. The summed E-state index contributed by atoms with van der Waals surface area (Å²) in [6, 6.07) is 7.17. The summed E-state index contributed by atoms with van der Waals surface area (Å²) in [6.07, 6.45) is 4.70. The Morgan fingerprint density at radius 3 is 2.59 bits per heavy atom. The molecule has 0 bridgehead atoms. The number of unbranched alkanes of at least 4 members (excludes halogenated alkanes) is 2. The summed E-state index contributed by atoms with van der Waals surface area (Å²) in [5, 5.41) is 3.33. The van der Waals surface area contributed by atoms with Gasteiger partial charge in [0.15, 0.2) is 0 Å². The SMILES string of the molecule is CCCCCC(CNCC)c1ccccc1F. The Balaban J connectivity index is 2.64. The van der Waals surface area contributed by atoms with Gasteiger partial charge >= 0.3 is 0 Å². The highest BCUT2D eigenvalue weighted by atomic mass is 19.1. The van der Waals surface area contributed by atoms with Crippen molar-refractivity contribution >= 4 is 0 Å². The van der Waals surface area contributed by atoms with Gasteiger partial charge in [-0.2, -0.15) is 0 Å². The lowest BCUT2D eigenvalue weighted by Gasteiger charge is -2.18. The molecule has 0 aliphatic heterocycles. The molecule has 1 aromatic rings. The van der Waals surface area contributed by atoms with Crippen molar-refractivity contribution in [3.63, 3.8) is 0 Å². The van der Waals surface area contributed by atoms with E-state index in [0.29, 0.717) is 5.92 Å². The van der Waals surface area contributed by atoms with E-state index in [-0.39, 0.29) is 5.82 Å². The summed E-state index contributed by atoms with van der Waals surface area (Å²) in [5.41, 5.74) is 0.865. The Hall–Kier alpha value is -0.890. The second kappa shape index (κ2) is 8.24. The predicted molar refractivity (Wildman–Crippen MR) is 71.8 cm³/mol. The highest BCUT2D eigenvalue weighted by Gasteiger charge is 2.14. The predicted octanol–water partition coefficient (Wildman–Crippen LogP) is 4.10. The average Bonchev–Trinajstić information content (AvgIpc) is 2.35. The van der Waals surface area contributed by atoms with E-state index in [2.05, 4.69) is 19.2 Å². The van der Waals surface area contributed by atoms with Crippen molar-refractivity contribution < 1.29 is 4.39 Å². The minimum Gasteiger partial charge on any atom is -0.316 e. The topological polar surface area (TPSA) is 12.0 Å². The van der Waals surface area contributed by atoms with Crippen LogP contribution < -0.4 is 5.32 Å². The first-order valence-electron chi connectivity index (χ1n) is 6.74. The largest absolute Gasteiger partial charge is 0.316 e. The number of hydrogen-bond acceptors (Lipinski definition) is 1. The summed E-state index contributed by atoms with van der Waals surface area (Å²) in [4.78, 5) is 0. The van der Waals surface area contributed by atoms with Crippen LogP contribution in [0, 0.1) is 5.82 Å². The van der Waals surface area contributed by atoms with Gasteiger partial charge in [0.05, 0.1) is 0 Å². The maximum atomic E-state index is 13.7. The Morgan fingerprint density at radius 1 is 1.18 bits per heavy atom. The van der Waals surface area contributed by atoms with E-state index >= 15 is 0 Å². The van der Waals surface area contributed by atoms with Gasteiger partial charge in [-0.1, -0.05) is 51.3 Å². The van der Waals surface area contributed by atoms with Gasteiger partial charge in [-0.25, -0.2) is 4.39 Å². The highest BCUT2D eigenvalue weighted by molar-refractivity contribution is 5.22. The maximum Gasteiger partial charge on any atom is 0.126 e. The van der Waals surface area contributed by atoms with Crippen molar-refractivity contribution in [3.8, 4) is 0 Å². The zero-order valence-corrected chi connectivity index (χ0v) is 11.0. The lowest BCUT2D eigenvalue weighted by molar-refractivity contribution is 0.501. The van der Waals surface area contributed by atoms with Crippen LogP contribution in [0.25, 0.3) is 0 Å². The number of likely N-dealkylation sites (N-methyl/N-ethyl adjacent to an activating group) is 1. The molecule has 0 aromatic heterocycles. The van der Waals surface area contributed by atoms with Gasteiger partial charge in [0.1, 0.15) is 5.82 Å². The van der Waals surface area contributed by atoms with E-state index in [1.807, 2.05) is 12.1 Å². The van der Waals surface area contributed by atoms with Gasteiger partial charge < -0.3 is 5.32 Å². The molecule has 96 valence electrons. The van der Waals surface area contributed by atoms with Crippen LogP contribution in [0.1, 0.15) is 51.0 Å². The molecule has 1 atom stereocenters. The summed E-state index contributed by atoms with van der Waals surface area (Å²) in [5.74, 6) is 0.245. The molecule has 1 N–H and O–H groups in total. The Morgan fingerprint density at radius 2 is 1.94 bits per heavy atom. The molecular weight excluding hydrogens is 213 g/mol. The standard InChI is InChI=1S/C15H24FN/c1-3-5-6-9-13(12-17-4-2)14-10-7-8-11-15(14)16/h7-8,10-11,13,17H,3-6,9,12H2,1-2H3. The van der Waals surface area contributed by atoms with Gasteiger partial charge in [-0.15, -0.1) is 0 Å². The Labute approximate surface area is 104 Å². The van der Waals surface area contributed by atoms with Crippen molar-refractivity contribution in [3.05, 3.63) is 35.6 Å². The van der Waals surface area contributed by atoms with Crippen LogP contribution in [0.5, 0.6) is 0 Å². The average molecular weight is 237 g/mol. The van der Waals surface area contributed by atoms with Crippen LogP contribution in [-0.4, -0.2) is 13.1 Å². The minimum atomic E-state index is -0.0631. The fourth-order valence-electron chi connectivity index (χ4n) is 2.13. The molecule has 0 radical (unpaired) electrons. The molecule has 17 heavy (non-hydrogen) atoms. The molecule has 0 fully saturated rings. The molecule has 1 unspecified atom stereocenters. The van der Waals surface area contributed by atoms with Crippen LogP contribution >= 0.6 is 0 Å². The van der Waals surface area contributed by atoms with Gasteiger partial charge in [0.2, 0.25) is 0 Å². The van der Waals surface area contributed by atoms with Crippen LogP contribution in [0.3, 0.4) is 0 Å². The quantitative estimate of drug-likeness (QED) is 0.671. The lowest BCUT2D eigenvalue weighted by Crippen LogP contribution is -2.22. The number of rotatable bonds is 8. The summed E-state index contributed by atoms with van der Waals surface area (Å²) in [6.45, 7) is 6.10. The number of halogens is 1. The van der Waals surface area contributed by atoms with Gasteiger partial charge in [0, 0.05) is 6.54 Å². The van der Waals surface area contributed by atoms with Gasteiger partial charge in [0.25, 0.3) is 0 Å². The fourth-order valence-corrected chi connectivity index (χ4v) is 2.13. The molecule has 0 aliphatic carbocycles. The van der Waals surface area contributed by atoms with Crippen LogP contribution in [-0.2, 0) is 0 Å². The third-order valence-corrected chi connectivity index (χ3v) is 3.14. The smallest absolute Gasteiger partial charge is 0.126 e. The molecule has 0 aliphatic rings. The Bertz CT molecular complexity index is 312. The molecule has 0 spiro atoms. The first-order valence-corrected chi connectivity index (χ1v) is 6.74. The van der Waals surface area contributed by atoms with E-state index in [1.165, 1.54) is 19.3 Å². The second-order valence-electron chi connectivity index (χ2n) is 4.52. The number of nitrogens with one attached hydrogen (secondary N) is 1. The highest BCUT2D eigenvalue weighted by Crippen LogP contribution is 2.24.